The number of aryl methyl sites for hydroxylation is 2. The van der Waals surface area contributed by atoms with E-state index in [1.165, 1.54) is 18.7 Å². The number of carbonyl (C=O) groups excluding carboxylic acids is 2. The summed E-state index contributed by atoms with van der Waals surface area (Å²) in [7, 11) is 1.34. The van der Waals surface area contributed by atoms with E-state index in [0.717, 1.165) is 37.3 Å². The molecular formula is C22H23NO7. The molecule has 158 valence electrons. The Morgan fingerprint density at radius 1 is 1.07 bits per heavy atom. The molecule has 3 rings (SSSR count). The van der Waals surface area contributed by atoms with Gasteiger partial charge in [-0.15, -0.1) is 0 Å². The van der Waals surface area contributed by atoms with Crippen molar-refractivity contribution in [3.05, 3.63) is 62.7 Å². The minimum absolute atomic E-state index is 0.130. The molecule has 0 spiro atoms. The van der Waals surface area contributed by atoms with Crippen LogP contribution in [0.5, 0.6) is 11.5 Å². The largest absolute Gasteiger partial charge is 0.493 e. The fraction of sp³-hybridized carbons (Fsp3) is 0.364. The number of esters is 1. The number of carbonyl (C=O) groups is 2. The molecule has 0 saturated carbocycles. The maximum absolute atomic E-state index is 12.5. The van der Waals surface area contributed by atoms with Gasteiger partial charge in [0, 0.05) is 11.6 Å². The minimum atomic E-state index is -0.975. The van der Waals surface area contributed by atoms with Crippen molar-refractivity contribution in [1.29, 1.82) is 0 Å². The second-order valence-electron chi connectivity index (χ2n) is 6.90. The van der Waals surface area contributed by atoms with Gasteiger partial charge in [-0.25, -0.2) is 4.79 Å². The maximum atomic E-state index is 12.5. The number of ketones is 1. The lowest BCUT2D eigenvalue weighted by molar-refractivity contribution is -0.385. The Balaban J connectivity index is 1.77. The first-order valence-electron chi connectivity index (χ1n) is 9.76. The molecule has 0 heterocycles. The first-order chi connectivity index (χ1) is 14.4. The third kappa shape index (κ3) is 4.59. The van der Waals surface area contributed by atoms with Gasteiger partial charge in [-0.3, -0.25) is 14.9 Å². The normalized spacial score (nSPS) is 12.6. The van der Waals surface area contributed by atoms with Crippen LogP contribution in [-0.4, -0.2) is 37.0 Å². The first-order valence-corrected chi connectivity index (χ1v) is 9.76. The molecule has 0 bridgehead atoms. The standard InChI is InChI=1S/C22H23NO7/c1-3-29-21-11-17(18(23(26)27)12-20(21)28-2)22(25)30-13-19(24)16-9-8-14-6-4-5-7-15(14)10-16/h8-12H,3-7,13H2,1-2H3. The van der Waals surface area contributed by atoms with E-state index >= 15 is 0 Å². The van der Waals surface area contributed by atoms with Crippen molar-refractivity contribution in [3.63, 3.8) is 0 Å². The predicted octanol–water partition coefficient (Wildman–Crippen LogP) is 3.92. The first kappa shape index (κ1) is 21.3. The average molecular weight is 413 g/mol. The van der Waals surface area contributed by atoms with Gasteiger partial charge in [0.05, 0.1) is 24.7 Å². The topological polar surface area (TPSA) is 105 Å². The Kier molecular flexibility index (Phi) is 6.66. The zero-order chi connectivity index (χ0) is 21.7. The van der Waals surface area contributed by atoms with E-state index in [1.807, 2.05) is 12.1 Å². The van der Waals surface area contributed by atoms with E-state index in [-0.39, 0.29) is 29.5 Å². The monoisotopic (exact) mass is 413 g/mol. The Bertz CT molecular complexity index is 984. The number of nitrogens with zero attached hydrogens (tertiary/aromatic N) is 1. The SMILES string of the molecule is CCOc1cc(C(=O)OCC(=O)c2ccc3c(c2)CCCC3)c([N+](=O)[O-])cc1OC. The van der Waals surface area contributed by atoms with Gasteiger partial charge in [0.1, 0.15) is 5.56 Å². The summed E-state index contributed by atoms with van der Waals surface area (Å²) in [6.45, 7) is 1.50. The summed E-state index contributed by atoms with van der Waals surface area (Å²) in [6.07, 6.45) is 4.15. The molecule has 1 aliphatic carbocycles. The molecule has 0 fully saturated rings. The quantitative estimate of drug-likeness (QED) is 0.279. The summed E-state index contributed by atoms with van der Waals surface area (Å²) < 4.78 is 15.6. The minimum Gasteiger partial charge on any atom is -0.493 e. The molecule has 0 unspecified atom stereocenters. The molecule has 8 heteroatoms. The highest BCUT2D eigenvalue weighted by Crippen LogP contribution is 2.35. The van der Waals surface area contributed by atoms with E-state index in [1.54, 1.807) is 13.0 Å². The summed E-state index contributed by atoms with van der Waals surface area (Å²) in [6, 6.07) is 7.81. The second-order valence-corrected chi connectivity index (χ2v) is 6.90. The number of hydrogen-bond acceptors (Lipinski definition) is 7. The molecule has 0 atom stereocenters. The van der Waals surface area contributed by atoms with Crippen molar-refractivity contribution < 1.29 is 28.7 Å². The van der Waals surface area contributed by atoms with Gasteiger partial charge in [-0.05, 0) is 49.8 Å². The molecule has 0 aliphatic heterocycles. The number of fused-ring (bicyclic) bond motifs is 1. The van der Waals surface area contributed by atoms with Crippen molar-refractivity contribution >= 4 is 17.4 Å². The van der Waals surface area contributed by atoms with Crippen LogP contribution in [-0.2, 0) is 17.6 Å². The van der Waals surface area contributed by atoms with Crippen molar-refractivity contribution in [1.82, 2.24) is 0 Å². The smallest absolute Gasteiger partial charge is 0.345 e. The number of ether oxygens (including phenoxy) is 3. The Hall–Kier alpha value is -3.42. The highest BCUT2D eigenvalue weighted by atomic mass is 16.6. The van der Waals surface area contributed by atoms with Gasteiger partial charge in [0.15, 0.2) is 23.9 Å². The fourth-order valence-corrected chi connectivity index (χ4v) is 3.49. The van der Waals surface area contributed by atoms with Crippen LogP contribution in [0.4, 0.5) is 5.69 Å². The lowest BCUT2D eigenvalue weighted by atomic mass is 9.90. The molecule has 0 amide bonds. The highest BCUT2D eigenvalue weighted by Gasteiger charge is 2.26. The summed E-state index contributed by atoms with van der Waals surface area (Å²) in [5.41, 5.74) is 2.06. The van der Waals surface area contributed by atoms with Crippen molar-refractivity contribution in [2.24, 2.45) is 0 Å². The van der Waals surface area contributed by atoms with Gasteiger partial charge in [-0.2, -0.15) is 0 Å². The third-order valence-corrected chi connectivity index (χ3v) is 5.00. The summed E-state index contributed by atoms with van der Waals surface area (Å²) in [4.78, 5) is 35.7. The zero-order valence-electron chi connectivity index (χ0n) is 16.9. The number of nitro groups is 1. The van der Waals surface area contributed by atoms with Gasteiger partial charge < -0.3 is 14.2 Å². The third-order valence-electron chi connectivity index (χ3n) is 5.00. The van der Waals surface area contributed by atoms with E-state index in [9.17, 15) is 19.7 Å². The molecule has 0 aromatic heterocycles. The summed E-state index contributed by atoms with van der Waals surface area (Å²) >= 11 is 0. The lowest BCUT2D eigenvalue weighted by Gasteiger charge is -2.16. The number of rotatable bonds is 8. The maximum Gasteiger partial charge on any atom is 0.345 e. The summed E-state index contributed by atoms with van der Waals surface area (Å²) in [5, 5.41) is 11.4. The Labute approximate surface area is 173 Å². The molecule has 2 aromatic rings. The number of nitro benzene ring substituents is 1. The molecule has 1 aliphatic rings. The van der Waals surface area contributed by atoms with Crippen LogP contribution in [0.2, 0.25) is 0 Å². The van der Waals surface area contributed by atoms with Gasteiger partial charge in [0.2, 0.25) is 0 Å². The van der Waals surface area contributed by atoms with Crippen LogP contribution in [0.3, 0.4) is 0 Å². The average Bonchev–Trinajstić information content (AvgIpc) is 2.76. The van der Waals surface area contributed by atoms with E-state index < -0.39 is 23.2 Å². The molecule has 0 saturated heterocycles. The van der Waals surface area contributed by atoms with Gasteiger partial charge in [0.25, 0.3) is 5.69 Å². The van der Waals surface area contributed by atoms with Gasteiger partial charge in [-0.1, -0.05) is 12.1 Å². The second kappa shape index (κ2) is 9.39. The van der Waals surface area contributed by atoms with Crippen LogP contribution in [0, 0.1) is 10.1 Å². The van der Waals surface area contributed by atoms with E-state index in [2.05, 4.69) is 0 Å². The summed E-state index contributed by atoms with van der Waals surface area (Å²) in [5.74, 6) is -1.03. The number of hydrogen-bond donors (Lipinski definition) is 0. The number of methoxy groups -OCH3 is 1. The number of benzene rings is 2. The number of Topliss-reactive ketones (excluding diaryl/α,β-unsaturated/α-hetero) is 1. The fourth-order valence-electron chi connectivity index (χ4n) is 3.49. The molecule has 8 nitrogen and oxygen atoms in total. The van der Waals surface area contributed by atoms with Crippen LogP contribution in [0.1, 0.15) is 51.6 Å². The van der Waals surface area contributed by atoms with Gasteiger partial charge >= 0.3 is 5.97 Å². The van der Waals surface area contributed by atoms with E-state index in [0.29, 0.717) is 5.56 Å². The molecule has 30 heavy (non-hydrogen) atoms. The van der Waals surface area contributed by atoms with Crippen molar-refractivity contribution in [2.45, 2.75) is 32.6 Å². The van der Waals surface area contributed by atoms with Crippen LogP contribution in [0.15, 0.2) is 30.3 Å². The van der Waals surface area contributed by atoms with Crippen molar-refractivity contribution in [2.75, 3.05) is 20.3 Å². The lowest BCUT2D eigenvalue weighted by Crippen LogP contribution is -2.16. The molecule has 0 N–H and O–H groups in total. The van der Waals surface area contributed by atoms with Crippen molar-refractivity contribution in [3.8, 4) is 11.5 Å². The molecular weight excluding hydrogens is 390 g/mol. The van der Waals surface area contributed by atoms with Crippen LogP contribution in [0.25, 0.3) is 0 Å². The Morgan fingerprint density at radius 3 is 2.47 bits per heavy atom. The zero-order valence-corrected chi connectivity index (χ0v) is 16.9. The Morgan fingerprint density at radius 2 is 1.80 bits per heavy atom. The van der Waals surface area contributed by atoms with Crippen LogP contribution < -0.4 is 9.47 Å². The molecule has 2 aromatic carbocycles. The highest BCUT2D eigenvalue weighted by molar-refractivity contribution is 6.00. The predicted molar refractivity (Wildman–Crippen MR) is 109 cm³/mol. The van der Waals surface area contributed by atoms with Crippen LogP contribution >= 0.6 is 0 Å². The van der Waals surface area contributed by atoms with E-state index in [4.69, 9.17) is 14.2 Å². The molecule has 0 radical (unpaired) electrons.